The Hall–Kier alpha value is -1.46. The van der Waals surface area contributed by atoms with Crippen LogP contribution in [0.1, 0.15) is 72.1 Å². The molecule has 5 heteroatoms. The normalized spacial score (nSPS) is 22.5. The molecule has 0 saturated heterocycles. The molecule has 1 rings (SSSR count). The summed E-state index contributed by atoms with van der Waals surface area (Å²) in [5.41, 5.74) is -0.225. The quantitative estimate of drug-likeness (QED) is 0.333. The first-order valence-corrected chi connectivity index (χ1v) is 10.2. The van der Waals surface area contributed by atoms with Crippen LogP contribution in [0, 0.1) is 17.3 Å². The van der Waals surface area contributed by atoms with Crippen LogP contribution in [0.3, 0.4) is 0 Å². The second kappa shape index (κ2) is 11.4. The standard InChI is InChI=1S/C22H36O5/c1-4-5-15-22(2,3)19(25)14-12-16-11-13-18(24)21(16)17(23)9-7-6-8-10-20(26)27/h11-14,16-17,19,21,23,25H,4-10,15H2,1-3H3,(H,26,27). The first-order chi connectivity index (χ1) is 12.7. The van der Waals surface area contributed by atoms with Gasteiger partial charge in [0.05, 0.1) is 18.1 Å². The molecule has 0 saturated carbocycles. The molecule has 1 aliphatic rings. The monoisotopic (exact) mass is 380 g/mol. The van der Waals surface area contributed by atoms with Crippen molar-refractivity contribution >= 4 is 11.8 Å². The number of hydrogen-bond donors (Lipinski definition) is 3. The van der Waals surface area contributed by atoms with Gasteiger partial charge in [0.1, 0.15) is 0 Å². The van der Waals surface area contributed by atoms with Crippen LogP contribution in [-0.4, -0.2) is 39.3 Å². The number of unbranched alkanes of at least 4 members (excludes halogenated alkanes) is 3. The van der Waals surface area contributed by atoms with E-state index in [1.165, 1.54) is 6.08 Å². The molecule has 0 amide bonds. The molecule has 5 nitrogen and oxygen atoms in total. The van der Waals surface area contributed by atoms with Crippen molar-refractivity contribution in [2.24, 2.45) is 17.3 Å². The van der Waals surface area contributed by atoms with Crippen molar-refractivity contribution in [3.63, 3.8) is 0 Å². The molecule has 1 aliphatic carbocycles. The second-order valence-corrected chi connectivity index (χ2v) is 8.35. The number of carbonyl (C=O) groups is 2. The molecule has 0 fully saturated rings. The number of carboxylic acids is 1. The lowest BCUT2D eigenvalue weighted by atomic mass is 9.80. The topological polar surface area (TPSA) is 94.8 Å². The Bertz CT molecular complexity index is 535. The molecule has 154 valence electrons. The van der Waals surface area contributed by atoms with Crippen LogP contribution in [0.4, 0.5) is 0 Å². The minimum Gasteiger partial charge on any atom is -0.481 e. The molecule has 0 heterocycles. The summed E-state index contributed by atoms with van der Waals surface area (Å²) in [4.78, 5) is 22.7. The van der Waals surface area contributed by atoms with Gasteiger partial charge < -0.3 is 15.3 Å². The van der Waals surface area contributed by atoms with Crippen molar-refractivity contribution in [2.75, 3.05) is 0 Å². The number of hydrogen-bond acceptors (Lipinski definition) is 4. The van der Waals surface area contributed by atoms with E-state index in [1.54, 1.807) is 12.2 Å². The first kappa shape index (κ1) is 23.6. The summed E-state index contributed by atoms with van der Waals surface area (Å²) < 4.78 is 0. The van der Waals surface area contributed by atoms with E-state index >= 15 is 0 Å². The van der Waals surface area contributed by atoms with Crippen LogP contribution in [-0.2, 0) is 9.59 Å². The van der Waals surface area contributed by atoms with Crippen molar-refractivity contribution in [2.45, 2.75) is 84.3 Å². The summed E-state index contributed by atoms with van der Waals surface area (Å²) in [5, 5.41) is 29.6. The van der Waals surface area contributed by atoms with Crippen LogP contribution >= 0.6 is 0 Å². The number of ketones is 1. The van der Waals surface area contributed by atoms with E-state index in [9.17, 15) is 19.8 Å². The average molecular weight is 381 g/mol. The van der Waals surface area contributed by atoms with E-state index in [2.05, 4.69) is 6.92 Å². The molecule has 0 bridgehead atoms. The molecular formula is C22H36O5. The largest absolute Gasteiger partial charge is 0.481 e. The molecule has 0 aromatic rings. The first-order valence-electron chi connectivity index (χ1n) is 10.2. The SMILES string of the molecule is CCCCC(C)(C)C(O)C=CC1C=CC(=O)C1C(O)CCCCCC(=O)O. The second-order valence-electron chi connectivity index (χ2n) is 8.35. The predicted molar refractivity (Wildman–Crippen MR) is 106 cm³/mol. The number of aliphatic hydroxyl groups excluding tert-OH is 2. The third-order valence-corrected chi connectivity index (χ3v) is 5.52. The van der Waals surface area contributed by atoms with E-state index in [0.717, 1.165) is 25.7 Å². The van der Waals surface area contributed by atoms with E-state index in [-0.39, 0.29) is 23.5 Å². The fourth-order valence-corrected chi connectivity index (χ4v) is 3.52. The van der Waals surface area contributed by atoms with Gasteiger partial charge in [0.15, 0.2) is 5.78 Å². The maximum absolute atomic E-state index is 12.2. The zero-order valence-corrected chi connectivity index (χ0v) is 16.9. The Morgan fingerprint density at radius 1 is 1.22 bits per heavy atom. The molecule has 27 heavy (non-hydrogen) atoms. The Morgan fingerprint density at radius 3 is 2.56 bits per heavy atom. The van der Waals surface area contributed by atoms with Gasteiger partial charge in [-0.05, 0) is 30.8 Å². The summed E-state index contributed by atoms with van der Waals surface area (Å²) >= 11 is 0. The summed E-state index contributed by atoms with van der Waals surface area (Å²) in [6, 6.07) is 0. The minimum atomic E-state index is -0.809. The van der Waals surface area contributed by atoms with Crippen LogP contribution in [0.5, 0.6) is 0 Å². The lowest BCUT2D eigenvalue weighted by molar-refractivity contribution is -0.137. The molecule has 3 N–H and O–H groups in total. The van der Waals surface area contributed by atoms with Gasteiger partial charge in [-0.1, -0.05) is 64.7 Å². The van der Waals surface area contributed by atoms with Gasteiger partial charge in [-0.15, -0.1) is 0 Å². The van der Waals surface area contributed by atoms with Gasteiger partial charge in [-0.25, -0.2) is 0 Å². The molecule has 4 unspecified atom stereocenters. The maximum atomic E-state index is 12.2. The zero-order chi connectivity index (χ0) is 20.4. The van der Waals surface area contributed by atoms with E-state index in [1.807, 2.05) is 19.9 Å². The molecule has 4 atom stereocenters. The van der Waals surface area contributed by atoms with Crippen molar-refractivity contribution in [3.05, 3.63) is 24.3 Å². The predicted octanol–water partition coefficient (Wildman–Crippen LogP) is 3.89. The van der Waals surface area contributed by atoms with Crippen LogP contribution < -0.4 is 0 Å². The van der Waals surface area contributed by atoms with Gasteiger partial charge in [-0.3, -0.25) is 9.59 Å². The van der Waals surface area contributed by atoms with Gasteiger partial charge in [0, 0.05) is 12.3 Å². The van der Waals surface area contributed by atoms with Crippen LogP contribution in [0.15, 0.2) is 24.3 Å². The lowest BCUT2D eigenvalue weighted by Crippen LogP contribution is -2.30. The van der Waals surface area contributed by atoms with Crippen LogP contribution in [0.2, 0.25) is 0 Å². The van der Waals surface area contributed by atoms with E-state index < -0.39 is 24.1 Å². The van der Waals surface area contributed by atoms with Gasteiger partial charge in [-0.2, -0.15) is 0 Å². The number of carboxylic acid groups (broad SMARTS) is 1. The maximum Gasteiger partial charge on any atom is 0.303 e. The summed E-state index contributed by atoms with van der Waals surface area (Å²) in [6.07, 6.45) is 11.3. The number of aliphatic hydroxyl groups is 2. The number of carbonyl (C=O) groups excluding carboxylic acids is 1. The highest BCUT2D eigenvalue weighted by Gasteiger charge is 2.34. The average Bonchev–Trinajstić information content (AvgIpc) is 2.97. The zero-order valence-electron chi connectivity index (χ0n) is 16.9. The molecule has 0 aliphatic heterocycles. The summed E-state index contributed by atoms with van der Waals surface area (Å²) in [7, 11) is 0. The van der Waals surface area contributed by atoms with Crippen molar-refractivity contribution < 1.29 is 24.9 Å². The summed E-state index contributed by atoms with van der Waals surface area (Å²) in [6.45, 7) is 6.20. The smallest absolute Gasteiger partial charge is 0.303 e. The van der Waals surface area contributed by atoms with Gasteiger partial charge >= 0.3 is 5.97 Å². The Labute approximate surface area is 163 Å². The van der Waals surface area contributed by atoms with Crippen molar-refractivity contribution in [1.29, 1.82) is 0 Å². The highest BCUT2D eigenvalue weighted by atomic mass is 16.4. The highest BCUT2D eigenvalue weighted by molar-refractivity contribution is 5.95. The Morgan fingerprint density at radius 2 is 1.93 bits per heavy atom. The number of rotatable bonds is 13. The van der Waals surface area contributed by atoms with Crippen LogP contribution in [0.25, 0.3) is 0 Å². The Balaban J connectivity index is 2.57. The minimum absolute atomic E-state index is 0.0811. The van der Waals surface area contributed by atoms with E-state index in [4.69, 9.17) is 5.11 Å². The van der Waals surface area contributed by atoms with Gasteiger partial charge in [0.25, 0.3) is 0 Å². The number of aliphatic carboxylic acids is 1. The third kappa shape index (κ3) is 7.97. The fraction of sp³-hybridized carbons (Fsp3) is 0.727. The third-order valence-electron chi connectivity index (χ3n) is 5.52. The van der Waals surface area contributed by atoms with Crippen molar-refractivity contribution in [3.8, 4) is 0 Å². The summed E-state index contributed by atoms with van der Waals surface area (Å²) in [5.74, 6) is -1.60. The van der Waals surface area contributed by atoms with E-state index in [0.29, 0.717) is 19.3 Å². The number of allylic oxidation sites excluding steroid dienone is 3. The molecule has 0 radical (unpaired) electrons. The van der Waals surface area contributed by atoms with Crippen molar-refractivity contribution in [1.82, 2.24) is 0 Å². The van der Waals surface area contributed by atoms with Gasteiger partial charge in [0.2, 0.25) is 0 Å². The fourth-order valence-electron chi connectivity index (χ4n) is 3.52. The molecular weight excluding hydrogens is 344 g/mol. The lowest BCUT2D eigenvalue weighted by Gasteiger charge is -2.29. The molecule has 0 spiro atoms. The molecule has 0 aromatic carbocycles. The molecule has 0 aromatic heterocycles. The highest BCUT2D eigenvalue weighted by Crippen LogP contribution is 2.32. The Kier molecular flexibility index (Phi) is 9.95.